The van der Waals surface area contributed by atoms with Gasteiger partial charge in [0.2, 0.25) is 0 Å². The molecule has 0 spiro atoms. The van der Waals surface area contributed by atoms with E-state index in [1.54, 1.807) is 0 Å². The van der Waals surface area contributed by atoms with Crippen molar-refractivity contribution in [3.05, 3.63) is 29.3 Å². The number of aryl methyl sites for hydroxylation is 1. The lowest BCUT2D eigenvalue weighted by atomic mass is 10.0. The molecule has 0 saturated carbocycles. The second kappa shape index (κ2) is 6.94. The molecule has 1 aliphatic heterocycles. The second-order valence-corrected chi connectivity index (χ2v) is 6.25. The van der Waals surface area contributed by atoms with Gasteiger partial charge < -0.3 is 15.5 Å². The SMILES string of the molecule is Cc1cccc(NC(=O)NC2CCN(C(C)C)CC2)c1C. The van der Waals surface area contributed by atoms with Crippen LogP contribution in [-0.4, -0.2) is 36.1 Å². The Morgan fingerprint density at radius 2 is 1.90 bits per heavy atom. The van der Waals surface area contributed by atoms with Crippen LogP contribution in [0.5, 0.6) is 0 Å². The minimum absolute atomic E-state index is 0.0910. The van der Waals surface area contributed by atoms with Gasteiger partial charge in [0.1, 0.15) is 0 Å². The van der Waals surface area contributed by atoms with Gasteiger partial charge in [-0.25, -0.2) is 4.79 Å². The summed E-state index contributed by atoms with van der Waals surface area (Å²) in [4.78, 5) is 14.6. The maximum Gasteiger partial charge on any atom is 0.319 e. The van der Waals surface area contributed by atoms with Gasteiger partial charge in [-0.1, -0.05) is 12.1 Å². The van der Waals surface area contributed by atoms with Crippen molar-refractivity contribution in [2.45, 2.75) is 52.6 Å². The molecule has 21 heavy (non-hydrogen) atoms. The highest BCUT2D eigenvalue weighted by molar-refractivity contribution is 5.90. The monoisotopic (exact) mass is 289 g/mol. The average molecular weight is 289 g/mol. The number of likely N-dealkylation sites (tertiary alicyclic amines) is 1. The van der Waals surface area contributed by atoms with Gasteiger partial charge in [-0.2, -0.15) is 0 Å². The quantitative estimate of drug-likeness (QED) is 0.896. The Morgan fingerprint density at radius 1 is 1.24 bits per heavy atom. The lowest BCUT2D eigenvalue weighted by Gasteiger charge is -2.34. The summed E-state index contributed by atoms with van der Waals surface area (Å²) in [6.07, 6.45) is 2.05. The number of carbonyl (C=O) groups is 1. The largest absolute Gasteiger partial charge is 0.335 e. The Bertz CT molecular complexity index is 491. The molecular weight excluding hydrogens is 262 g/mol. The fourth-order valence-electron chi connectivity index (χ4n) is 2.79. The number of nitrogens with zero attached hydrogens (tertiary/aromatic N) is 1. The fourth-order valence-corrected chi connectivity index (χ4v) is 2.79. The molecule has 0 unspecified atom stereocenters. The lowest BCUT2D eigenvalue weighted by Crippen LogP contribution is -2.47. The van der Waals surface area contributed by atoms with Crippen LogP contribution >= 0.6 is 0 Å². The zero-order valence-corrected chi connectivity index (χ0v) is 13.6. The highest BCUT2D eigenvalue weighted by Crippen LogP contribution is 2.18. The van der Waals surface area contributed by atoms with E-state index in [0.29, 0.717) is 6.04 Å². The summed E-state index contributed by atoms with van der Waals surface area (Å²) in [7, 11) is 0. The van der Waals surface area contributed by atoms with Crippen molar-refractivity contribution in [2.24, 2.45) is 0 Å². The van der Waals surface area contributed by atoms with E-state index in [9.17, 15) is 4.79 Å². The summed E-state index contributed by atoms with van der Waals surface area (Å²) in [5, 5.41) is 6.07. The fraction of sp³-hybridized carbons (Fsp3) is 0.588. The van der Waals surface area contributed by atoms with Crippen LogP contribution in [0.25, 0.3) is 0 Å². The molecule has 1 aliphatic rings. The topological polar surface area (TPSA) is 44.4 Å². The first kappa shape index (κ1) is 15.8. The molecule has 1 aromatic rings. The first-order valence-electron chi connectivity index (χ1n) is 7.85. The molecule has 1 heterocycles. The van der Waals surface area contributed by atoms with Gasteiger partial charge in [0.25, 0.3) is 0 Å². The molecule has 4 heteroatoms. The number of nitrogens with one attached hydrogen (secondary N) is 2. The normalized spacial score (nSPS) is 17.0. The van der Waals surface area contributed by atoms with Crippen LogP contribution in [0.15, 0.2) is 18.2 Å². The van der Waals surface area contributed by atoms with E-state index < -0.39 is 0 Å². The van der Waals surface area contributed by atoms with Gasteiger partial charge in [-0.15, -0.1) is 0 Å². The Morgan fingerprint density at radius 3 is 2.52 bits per heavy atom. The zero-order chi connectivity index (χ0) is 15.4. The summed E-state index contributed by atoms with van der Waals surface area (Å²) < 4.78 is 0. The highest BCUT2D eigenvalue weighted by Gasteiger charge is 2.22. The van der Waals surface area contributed by atoms with Crippen molar-refractivity contribution < 1.29 is 4.79 Å². The molecular formula is C17H27N3O. The van der Waals surface area contributed by atoms with Crippen LogP contribution < -0.4 is 10.6 Å². The third-order valence-electron chi connectivity index (χ3n) is 4.45. The zero-order valence-electron chi connectivity index (χ0n) is 13.6. The van der Waals surface area contributed by atoms with E-state index >= 15 is 0 Å². The summed E-state index contributed by atoms with van der Waals surface area (Å²) >= 11 is 0. The molecule has 2 amide bonds. The molecule has 116 valence electrons. The summed E-state index contributed by atoms with van der Waals surface area (Å²) in [6.45, 7) is 10.7. The van der Waals surface area contributed by atoms with Crippen LogP contribution in [0, 0.1) is 13.8 Å². The molecule has 2 rings (SSSR count). The molecule has 0 aliphatic carbocycles. The number of urea groups is 1. The molecule has 0 atom stereocenters. The van der Waals surface area contributed by atoms with Crippen molar-refractivity contribution in [1.29, 1.82) is 0 Å². The van der Waals surface area contributed by atoms with Gasteiger partial charge in [0, 0.05) is 30.9 Å². The van der Waals surface area contributed by atoms with Crippen molar-refractivity contribution in [3.63, 3.8) is 0 Å². The molecule has 2 N–H and O–H groups in total. The molecule has 0 bridgehead atoms. The van der Waals surface area contributed by atoms with E-state index in [4.69, 9.17) is 0 Å². The number of anilines is 1. The smallest absolute Gasteiger partial charge is 0.319 e. The van der Waals surface area contributed by atoms with Crippen LogP contribution in [0.2, 0.25) is 0 Å². The maximum atomic E-state index is 12.1. The Hall–Kier alpha value is -1.55. The first-order valence-corrected chi connectivity index (χ1v) is 7.85. The molecule has 1 saturated heterocycles. The van der Waals surface area contributed by atoms with E-state index in [2.05, 4.69) is 42.4 Å². The third kappa shape index (κ3) is 4.21. The number of piperidine rings is 1. The Balaban J connectivity index is 1.84. The van der Waals surface area contributed by atoms with E-state index in [1.807, 2.05) is 19.1 Å². The van der Waals surface area contributed by atoms with Crippen molar-refractivity contribution >= 4 is 11.7 Å². The van der Waals surface area contributed by atoms with Gasteiger partial charge in [-0.05, 0) is 57.7 Å². The Kier molecular flexibility index (Phi) is 5.23. The number of hydrogen-bond acceptors (Lipinski definition) is 2. The highest BCUT2D eigenvalue weighted by atomic mass is 16.2. The second-order valence-electron chi connectivity index (χ2n) is 6.25. The van der Waals surface area contributed by atoms with Gasteiger partial charge >= 0.3 is 6.03 Å². The molecule has 0 aromatic heterocycles. The predicted molar refractivity (Wildman–Crippen MR) is 87.8 cm³/mol. The van der Waals surface area contributed by atoms with Crippen molar-refractivity contribution in [1.82, 2.24) is 10.2 Å². The minimum Gasteiger partial charge on any atom is -0.335 e. The Labute approximate surface area is 127 Å². The van der Waals surface area contributed by atoms with Gasteiger partial charge in [-0.3, -0.25) is 0 Å². The molecule has 0 radical (unpaired) electrons. The minimum atomic E-state index is -0.0910. The van der Waals surface area contributed by atoms with Crippen LogP contribution in [0.1, 0.15) is 37.8 Å². The van der Waals surface area contributed by atoms with Crippen LogP contribution in [0.3, 0.4) is 0 Å². The number of benzene rings is 1. The number of carbonyl (C=O) groups excluding carboxylic acids is 1. The van der Waals surface area contributed by atoms with E-state index in [1.165, 1.54) is 5.56 Å². The van der Waals surface area contributed by atoms with E-state index in [-0.39, 0.29) is 12.1 Å². The lowest BCUT2D eigenvalue weighted by molar-refractivity contribution is 0.163. The van der Waals surface area contributed by atoms with Gasteiger partial charge in [0.15, 0.2) is 0 Å². The van der Waals surface area contributed by atoms with E-state index in [0.717, 1.165) is 37.2 Å². The van der Waals surface area contributed by atoms with Crippen molar-refractivity contribution in [3.8, 4) is 0 Å². The number of amides is 2. The van der Waals surface area contributed by atoms with Crippen LogP contribution in [0.4, 0.5) is 10.5 Å². The molecule has 1 aromatic carbocycles. The van der Waals surface area contributed by atoms with Gasteiger partial charge in [0.05, 0.1) is 0 Å². The first-order chi connectivity index (χ1) is 9.97. The summed E-state index contributed by atoms with van der Waals surface area (Å²) in [6, 6.07) is 6.76. The molecule has 4 nitrogen and oxygen atoms in total. The third-order valence-corrected chi connectivity index (χ3v) is 4.45. The average Bonchev–Trinajstić information content (AvgIpc) is 2.44. The van der Waals surface area contributed by atoms with Crippen molar-refractivity contribution in [2.75, 3.05) is 18.4 Å². The number of rotatable bonds is 3. The van der Waals surface area contributed by atoms with Crippen LogP contribution in [-0.2, 0) is 0 Å². The molecule has 1 fully saturated rings. The standard InChI is InChI=1S/C17H27N3O/c1-12(2)20-10-8-15(9-11-20)18-17(21)19-16-7-5-6-13(3)14(16)4/h5-7,12,15H,8-11H2,1-4H3,(H2,18,19,21). The predicted octanol–water partition coefficient (Wildman–Crippen LogP) is 3.30. The number of hydrogen-bond donors (Lipinski definition) is 2. The summed E-state index contributed by atoms with van der Waals surface area (Å²) in [5.74, 6) is 0. The summed E-state index contributed by atoms with van der Waals surface area (Å²) in [5.41, 5.74) is 3.22. The maximum absolute atomic E-state index is 12.1.